The Kier molecular flexibility index (Phi) is 8.37. The quantitative estimate of drug-likeness (QED) is 0.669. The van der Waals surface area contributed by atoms with Gasteiger partial charge in [-0.25, -0.2) is 0 Å². The lowest BCUT2D eigenvalue weighted by molar-refractivity contribution is -0.132. The topological polar surface area (TPSA) is 61.4 Å². The van der Waals surface area contributed by atoms with Crippen LogP contribution in [0.25, 0.3) is 0 Å². The highest BCUT2D eigenvalue weighted by atomic mass is 16.2. The predicted octanol–water partition coefficient (Wildman–Crippen LogP) is 0.605. The van der Waals surface area contributed by atoms with Gasteiger partial charge >= 0.3 is 0 Å². The molecule has 0 aromatic rings. The number of nitrogens with zero attached hydrogens (tertiary/aromatic N) is 1. The van der Waals surface area contributed by atoms with Gasteiger partial charge in [-0.05, 0) is 26.7 Å². The van der Waals surface area contributed by atoms with Crippen LogP contribution >= 0.6 is 0 Å². The van der Waals surface area contributed by atoms with E-state index < -0.39 is 0 Å². The van der Waals surface area contributed by atoms with Crippen LogP contribution in [-0.2, 0) is 9.59 Å². The van der Waals surface area contributed by atoms with E-state index in [1.807, 2.05) is 27.7 Å². The van der Waals surface area contributed by atoms with Crippen LogP contribution in [0.2, 0.25) is 0 Å². The van der Waals surface area contributed by atoms with Crippen LogP contribution in [-0.4, -0.2) is 48.9 Å². The van der Waals surface area contributed by atoms with E-state index in [1.54, 1.807) is 11.8 Å². The maximum absolute atomic E-state index is 11.9. The molecule has 0 spiro atoms. The summed E-state index contributed by atoms with van der Waals surface area (Å²) in [6.07, 6.45) is 0. The molecule has 0 aromatic carbocycles. The van der Waals surface area contributed by atoms with E-state index in [-0.39, 0.29) is 24.4 Å². The Morgan fingerprint density at radius 3 is 2.11 bits per heavy atom. The number of hydrogen-bond donors (Lipinski definition) is 2. The Labute approximate surface area is 110 Å². The van der Waals surface area contributed by atoms with E-state index in [0.29, 0.717) is 25.6 Å². The average molecular weight is 257 g/mol. The SMILES string of the molecule is CCN(CC)C(=O)C(C)NCC(=O)NCC(C)C. The number of carbonyl (C=O) groups is 2. The lowest BCUT2D eigenvalue weighted by Crippen LogP contribution is -2.47. The van der Waals surface area contributed by atoms with Crippen LogP contribution in [0.4, 0.5) is 0 Å². The van der Waals surface area contributed by atoms with Gasteiger partial charge in [-0.15, -0.1) is 0 Å². The molecule has 0 aliphatic heterocycles. The second-order valence-corrected chi connectivity index (χ2v) is 4.81. The molecule has 18 heavy (non-hydrogen) atoms. The molecule has 0 saturated heterocycles. The maximum atomic E-state index is 11.9. The van der Waals surface area contributed by atoms with Gasteiger partial charge in [-0.1, -0.05) is 13.8 Å². The standard InChI is InChI=1S/C13H27N3O2/c1-6-16(7-2)13(18)11(5)14-9-12(17)15-8-10(3)4/h10-11,14H,6-9H2,1-5H3,(H,15,17). The lowest BCUT2D eigenvalue weighted by Gasteiger charge is -2.23. The van der Waals surface area contributed by atoms with Gasteiger partial charge in [0, 0.05) is 19.6 Å². The minimum Gasteiger partial charge on any atom is -0.355 e. The fraction of sp³-hybridized carbons (Fsp3) is 0.846. The van der Waals surface area contributed by atoms with Crippen molar-refractivity contribution in [1.82, 2.24) is 15.5 Å². The van der Waals surface area contributed by atoms with E-state index in [9.17, 15) is 9.59 Å². The largest absolute Gasteiger partial charge is 0.355 e. The number of carbonyl (C=O) groups excluding carboxylic acids is 2. The summed E-state index contributed by atoms with van der Waals surface area (Å²) in [7, 11) is 0. The van der Waals surface area contributed by atoms with Gasteiger partial charge in [-0.2, -0.15) is 0 Å². The highest BCUT2D eigenvalue weighted by molar-refractivity contribution is 5.83. The summed E-state index contributed by atoms with van der Waals surface area (Å²) in [4.78, 5) is 25.2. The van der Waals surface area contributed by atoms with Crippen LogP contribution in [0.5, 0.6) is 0 Å². The van der Waals surface area contributed by atoms with Crippen molar-refractivity contribution in [3.8, 4) is 0 Å². The van der Waals surface area contributed by atoms with Crippen molar-refractivity contribution in [2.24, 2.45) is 5.92 Å². The molecule has 5 nitrogen and oxygen atoms in total. The third-order valence-corrected chi connectivity index (χ3v) is 2.72. The first-order valence-corrected chi connectivity index (χ1v) is 6.71. The predicted molar refractivity (Wildman–Crippen MR) is 73.2 cm³/mol. The number of likely N-dealkylation sites (N-methyl/N-ethyl adjacent to an activating group) is 1. The smallest absolute Gasteiger partial charge is 0.239 e. The summed E-state index contributed by atoms with van der Waals surface area (Å²) in [6.45, 7) is 12.0. The molecular formula is C13H27N3O2. The fourth-order valence-electron chi connectivity index (χ4n) is 1.52. The van der Waals surface area contributed by atoms with Crippen LogP contribution < -0.4 is 10.6 Å². The zero-order chi connectivity index (χ0) is 14.1. The summed E-state index contributed by atoms with van der Waals surface area (Å²) < 4.78 is 0. The average Bonchev–Trinajstić information content (AvgIpc) is 2.34. The van der Waals surface area contributed by atoms with Gasteiger partial charge in [0.15, 0.2) is 0 Å². The molecule has 0 rings (SSSR count). The molecule has 1 unspecified atom stereocenters. The molecule has 0 fully saturated rings. The van der Waals surface area contributed by atoms with Crippen LogP contribution in [0.1, 0.15) is 34.6 Å². The van der Waals surface area contributed by atoms with Crippen molar-refractivity contribution in [3.63, 3.8) is 0 Å². The van der Waals surface area contributed by atoms with Gasteiger partial charge < -0.3 is 10.2 Å². The number of rotatable bonds is 8. The van der Waals surface area contributed by atoms with Gasteiger partial charge in [0.05, 0.1) is 12.6 Å². The second kappa shape index (κ2) is 8.91. The van der Waals surface area contributed by atoms with Gasteiger partial charge in [0.25, 0.3) is 0 Å². The molecular weight excluding hydrogens is 230 g/mol. The zero-order valence-corrected chi connectivity index (χ0v) is 12.2. The number of hydrogen-bond acceptors (Lipinski definition) is 3. The number of nitrogens with one attached hydrogen (secondary N) is 2. The van der Waals surface area contributed by atoms with E-state index in [0.717, 1.165) is 0 Å². The zero-order valence-electron chi connectivity index (χ0n) is 12.2. The Morgan fingerprint density at radius 2 is 1.67 bits per heavy atom. The first kappa shape index (κ1) is 16.9. The molecule has 2 amide bonds. The summed E-state index contributed by atoms with van der Waals surface area (Å²) in [6, 6.07) is -0.324. The van der Waals surface area contributed by atoms with Crippen LogP contribution in [0, 0.1) is 5.92 Å². The molecule has 0 aliphatic rings. The van der Waals surface area contributed by atoms with Crippen molar-refractivity contribution in [2.45, 2.75) is 40.7 Å². The molecule has 5 heteroatoms. The maximum Gasteiger partial charge on any atom is 0.239 e. The van der Waals surface area contributed by atoms with E-state index >= 15 is 0 Å². The molecule has 0 radical (unpaired) electrons. The van der Waals surface area contributed by atoms with Crippen molar-refractivity contribution in [2.75, 3.05) is 26.2 Å². The van der Waals surface area contributed by atoms with Gasteiger partial charge in [0.2, 0.25) is 11.8 Å². The van der Waals surface area contributed by atoms with Crippen molar-refractivity contribution in [3.05, 3.63) is 0 Å². The lowest BCUT2D eigenvalue weighted by atomic mass is 10.2. The normalized spacial score (nSPS) is 12.3. The second-order valence-electron chi connectivity index (χ2n) is 4.81. The van der Waals surface area contributed by atoms with E-state index in [1.165, 1.54) is 0 Å². The van der Waals surface area contributed by atoms with Crippen LogP contribution in [0.3, 0.4) is 0 Å². The van der Waals surface area contributed by atoms with Gasteiger partial charge in [-0.3, -0.25) is 14.9 Å². The van der Waals surface area contributed by atoms with Crippen molar-refractivity contribution >= 4 is 11.8 Å². The summed E-state index contributed by atoms with van der Waals surface area (Å²) >= 11 is 0. The monoisotopic (exact) mass is 257 g/mol. The van der Waals surface area contributed by atoms with Crippen molar-refractivity contribution in [1.29, 1.82) is 0 Å². The summed E-state index contributed by atoms with van der Waals surface area (Å²) in [5.74, 6) is 0.406. The molecule has 0 heterocycles. The van der Waals surface area contributed by atoms with Crippen LogP contribution in [0.15, 0.2) is 0 Å². The Hall–Kier alpha value is -1.10. The summed E-state index contributed by atoms with van der Waals surface area (Å²) in [5.41, 5.74) is 0. The third kappa shape index (κ3) is 6.59. The molecule has 106 valence electrons. The highest BCUT2D eigenvalue weighted by Gasteiger charge is 2.18. The van der Waals surface area contributed by atoms with Gasteiger partial charge in [0.1, 0.15) is 0 Å². The van der Waals surface area contributed by atoms with E-state index in [2.05, 4.69) is 10.6 Å². The highest BCUT2D eigenvalue weighted by Crippen LogP contribution is 1.94. The Morgan fingerprint density at radius 1 is 1.11 bits per heavy atom. The number of amides is 2. The first-order chi connectivity index (χ1) is 8.42. The first-order valence-electron chi connectivity index (χ1n) is 6.71. The molecule has 2 N–H and O–H groups in total. The Bertz CT molecular complexity index is 263. The molecule has 1 atom stereocenters. The molecule has 0 saturated carbocycles. The Balaban J connectivity index is 3.98. The molecule has 0 aromatic heterocycles. The molecule has 0 bridgehead atoms. The molecule has 0 aliphatic carbocycles. The van der Waals surface area contributed by atoms with Crippen molar-refractivity contribution < 1.29 is 9.59 Å². The summed E-state index contributed by atoms with van der Waals surface area (Å²) in [5, 5.41) is 5.76. The third-order valence-electron chi connectivity index (χ3n) is 2.72. The minimum absolute atomic E-state index is 0.0386. The minimum atomic E-state index is -0.324. The van der Waals surface area contributed by atoms with E-state index in [4.69, 9.17) is 0 Å². The fourth-order valence-corrected chi connectivity index (χ4v) is 1.52.